The van der Waals surface area contributed by atoms with Gasteiger partial charge in [-0.25, -0.2) is 0 Å². The van der Waals surface area contributed by atoms with E-state index < -0.39 is 0 Å². The van der Waals surface area contributed by atoms with Crippen molar-refractivity contribution < 1.29 is 14.3 Å². The van der Waals surface area contributed by atoms with E-state index in [2.05, 4.69) is 10.6 Å². The Hall–Kier alpha value is -1.88. The van der Waals surface area contributed by atoms with Gasteiger partial charge in [-0.05, 0) is 37.1 Å². The number of ether oxygens (including phenoxy) is 1. The molecule has 1 unspecified atom stereocenters. The van der Waals surface area contributed by atoms with Crippen LogP contribution in [0.4, 0.5) is 5.69 Å². The van der Waals surface area contributed by atoms with E-state index in [9.17, 15) is 9.59 Å². The molecular weight excluding hydrogens is 256 g/mol. The molecule has 0 spiro atoms. The maximum absolute atomic E-state index is 11.9. The molecule has 2 N–H and O–H groups in total. The minimum Gasteiger partial charge on any atom is -0.376 e. The largest absolute Gasteiger partial charge is 0.376 e. The maximum atomic E-state index is 11.9. The fraction of sp³-hybridized carbons (Fsp3) is 0.467. The average molecular weight is 276 g/mol. The summed E-state index contributed by atoms with van der Waals surface area (Å²) in [5, 5.41) is 5.60. The van der Waals surface area contributed by atoms with Crippen LogP contribution in [0.1, 0.15) is 36.5 Å². The Morgan fingerprint density at radius 2 is 2.05 bits per heavy atom. The molecule has 1 fully saturated rings. The van der Waals surface area contributed by atoms with Gasteiger partial charge in [0.05, 0.1) is 6.10 Å². The van der Waals surface area contributed by atoms with Crippen molar-refractivity contribution in [2.75, 3.05) is 18.5 Å². The number of hydrogen-bond acceptors (Lipinski definition) is 3. The molecule has 1 aromatic rings. The predicted octanol–water partition coefficient (Wildman–Crippen LogP) is 1.94. The zero-order valence-electron chi connectivity index (χ0n) is 11.6. The van der Waals surface area contributed by atoms with Crippen molar-refractivity contribution in [2.24, 2.45) is 0 Å². The van der Waals surface area contributed by atoms with Crippen LogP contribution in [0, 0.1) is 0 Å². The lowest BCUT2D eigenvalue weighted by molar-refractivity contribution is -0.115. The summed E-state index contributed by atoms with van der Waals surface area (Å²) in [5.74, 6) is -0.158. The van der Waals surface area contributed by atoms with Gasteiger partial charge >= 0.3 is 0 Å². The summed E-state index contributed by atoms with van der Waals surface area (Å²) in [4.78, 5) is 23.2. The third kappa shape index (κ3) is 4.06. The number of rotatable bonds is 5. The lowest BCUT2D eigenvalue weighted by Gasteiger charge is -2.11. The Balaban J connectivity index is 1.85. The fourth-order valence-electron chi connectivity index (χ4n) is 2.07. The molecule has 5 nitrogen and oxygen atoms in total. The molecule has 1 saturated heterocycles. The quantitative estimate of drug-likeness (QED) is 0.863. The lowest BCUT2D eigenvalue weighted by atomic mass is 10.2. The highest BCUT2D eigenvalue weighted by atomic mass is 16.5. The van der Waals surface area contributed by atoms with E-state index in [1.807, 2.05) is 0 Å². The van der Waals surface area contributed by atoms with Gasteiger partial charge in [-0.3, -0.25) is 9.59 Å². The Morgan fingerprint density at radius 1 is 1.30 bits per heavy atom. The van der Waals surface area contributed by atoms with Crippen LogP contribution < -0.4 is 10.6 Å². The molecule has 5 heteroatoms. The van der Waals surface area contributed by atoms with Gasteiger partial charge in [-0.1, -0.05) is 6.92 Å². The molecule has 0 aliphatic carbocycles. The van der Waals surface area contributed by atoms with Gasteiger partial charge in [0, 0.05) is 30.8 Å². The minimum atomic E-state index is -0.117. The van der Waals surface area contributed by atoms with E-state index in [-0.39, 0.29) is 17.9 Å². The van der Waals surface area contributed by atoms with Gasteiger partial charge in [-0.15, -0.1) is 0 Å². The molecule has 0 bridgehead atoms. The first-order valence-electron chi connectivity index (χ1n) is 6.98. The number of anilines is 1. The normalized spacial score (nSPS) is 17.8. The molecule has 0 saturated carbocycles. The highest BCUT2D eigenvalue weighted by molar-refractivity contribution is 5.95. The number of benzene rings is 1. The molecule has 1 atom stereocenters. The fourth-order valence-corrected chi connectivity index (χ4v) is 2.07. The Morgan fingerprint density at radius 3 is 2.65 bits per heavy atom. The number of amides is 2. The Bertz CT molecular complexity index is 465. The Kier molecular flexibility index (Phi) is 5.12. The van der Waals surface area contributed by atoms with E-state index in [0.29, 0.717) is 24.2 Å². The van der Waals surface area contributed by atoms with Crippen LogP contribution in [-0.4, -0.2) is 31.1 Å². The predicted molar refractivity (Wildman–Crippen MR) is 76.7 cm³/mol. The van der Waals surface area contributed by atoms with Gasteiger partial charge in [0.25, 0.3) is 5.91 Å². The van der Waals surface area contributed by atoms with Gasteiger partial charge < -0.3 is 15.4 Å². The average Bonchev–Trinajstić information content (AvgIpc) is 2.98. The first-order chi connectivity index (χ1) is 9.69. The van der Waals surface area contributed by atoms with Crippen molar-refractivity contribution >= 4 is 17.5 Å². The van der Waals surface area contributed by atoms with E-state index in [0.717, 1.165) is 19.4 Å². The minimum absolute atomic E-state index is 0.0411. The van der Waals surface area contributed by atoms with Crippen LogP contribution in [0.5, 0.6) is 0 Å². The second kappa shape index (κ2) is 7.05. The van der Waals surface area contributed by atoms with Crippen LogP contribution >= 0.6 is 0 Å². The zero-order chi connectivity index (χ0) is 14.4. The molecule has 1 aliphatic heterocycles. The van der Waals surface area contributed by atoms with Gasteiger partial charge in [0.1, 0.15) is 0 Å². The summed E-state index contributed by atoms with van der Waals surface area (Å²) < 4.78 is 5.45. The first kappa shape index (κ1) is 14.5. The van der Waals surface area contributed by atoms with E-state index in [1.165, 1.54) is 0 Å². The molecule has 20 heavy (non-hydrogen) atoms. The van der Waals surface area contributed by atoms with Crippen molar-refractivity contribution in [1.82, 2.24) is 5.32 Å². The van der Waals surface area contributed by atoms with Crippen molar-refractivity contribution in [3.63, 3.8) is 0 Å². The van der Waals surface area contributed by atoms with Crippen LogP contribution in [-0.2, 0) is 9.53 Å². The smallest absolute Gasteiger partial charge is 0.251 e. The van der Waals surface area contributed by atoms with Gasteiger partial charge in [0.2, 0.25) is 5.91 Å². The summed E-state index contributed by atoms with van der Waals surface area (Å²) in [5.41, 5.74) is 1.28. The molecule has 0 radical (unpaired) electrons. The third-order valence-electron chi connectivity index (χ3n) is 3.27. The molecule has 0 aromatic heterocycles. The van der Waals surface area contributed by atoms with Crippen molar-refractivity contribution in [3.05, 3.63) is 29.8 Å². The summed E-state index contributed by atoms with van der Waals surface area (Å²) in [6, 6.07) is 6.87. The van der Waals surface area contributed by atoms with E-state index in [4.69, 9.17) is 4.74 Å². The summed E-state index contributed by atoms with van der Waals surface area (Å²) in [6.45, 7) is 3.13. The van der Waals surface area contributed by atoms with Crippen molar-refractivity contribution in [3.8, 4) is 0 Å². The number of hydrogen-bond donors (Lipinski definition) is 2. The van der Waals surface area contributed by atoms with Gasteiger partial charge in [-0.2, -0.15) is 0 Å². The SMILES string of the molecule is CCC(=O)Nc1ccc(C(=O)NCC2CCCO2)cc1. The van der Waals surface area contributed by atoms with Gasteiger partial charge in [0.15, 0.2) is 0 Å². The van der Waals surface area contributed by atoms with E-state index in [1.54, 1.807) is 31.2 Å². The highest BCUT2D eigenvalue weighted by Crippen LogP contribution is 2.12. The standard InChI is InChI=1S/C15H20N2O3/c1-2-14(18)17-12-7-5-11(6-8-12)15(19)16-10-13-4-3-9-20-13/h5-8,13H,2-4,9-10H2,1H3,(H,16,19)(H,17,18). The topological polar surface area (TPSA) is 67.4 Å². The van der Waals surface area contributed by atoms with Crippen LogP contribution in [0.2, 0.25) is 0 Å². The molecule has 2 rings (SSSR count). The monoisotopic (exact) mass is 276 g/mol. The second-order valence-corrected chi connectivity index (χ2v) is 4.82. The maximum Gasteiger partial charge on any atom is 0.251 e. The zero-order valence-corrected chi connectivity index (χ0v) is 11.6. The van der Waals surface area contributed by atoms with Crippen LogP contribution in [0.25, 0.3) is 0 Å². The molecule has 1 aromatic carbocycles. The van der Waals surface area contributed by atoms with Crippen molar-refractivity contribution in [2.45, 2.75) is 32.3 Å². The van der Waals surface area contributed by atoms with E-state index >= 15 is 0 Å². The molecule has 1 aliphatic rings. The summed E-state index contributed by atoms with van der Waals surface area (Å²) in [7, 11) is 0. The second-order valence-electron chi connectivity index (χ2n) is 4.82. The van der Waals surface area contributed by atoms with Crippen molar-refractivity contribution in [1.29, 1.82) is 0 Å². The molecule has 108 valence electrons. The first-order valence-corrected chi connectivity index (χ1v) is 6.98. The number of carbonyl (C=O) groups is 2. The summed E-state index contributed by atoms with van der Waals surface area (Å²) >= 11 is 0. The molecular formula is C15H20N2O3. The van der Waals surface area contributed by atoms with Crippen LogP contribution in [0.15, 0.2) is 24.3 Å². The molecule has 2 amide bonds. The highest BCUT2D eigenvalue weighted by Gasteiger charge is 2.16. The lowest BCUT2D eigenvalue weighted by Crippen LogP contribution is -2.31. The third-order valence-corrected chi connectivity index (χ3v) is 3.27. The number of nitrogens with one attached hydrogen (secondary N) is 2. The number of carbonyl (C=O) groups excluding carboxylic acids is 2. The molecule has 1 heterocycles. The van der Waals surface area contributed by atoms with Crippen LogP contribution in [0.3, 0.4) is 0 Å². The Labute approximate surface area is 118 Å². The summed E-state index contributed by atoms with van der Waals surface area (Å²) in [6.07, 6.45) is 2.64.